The van der Waals surface area contributed by atoms with Crippen LogP contribution in [0.2, 0.25) is 0 Å². The van der Waals surface area contributed by atoms with Crippen LogP contribution >= 0.6 is 0 Å². The van der Waals surface area contributed by atoms with Crippen molar-refractivity contribution in [2.75, 3.05) is 59.1 Å². The average Bonchev–Trinajstić information content (AvgIpc) is 2.38. The van der Waals surface area contributed by atoms with Gasteiger partial charge in [0.1, 0.15) is 0 Å². The van der Waals surface area contributed by atoms with Gasteiger partial charge in [0.25, 0.3) is 0 Å². The minimum atomic E-state index is 0.852. The van der Waals surface area contributed by atoms with E-state index in [4.69, 9.17) is 5.73 Å². The standard InChI is InChI=1S/C15H26N4/c1-17-6-9-19(10-7-17)11-8-18(2)13-14-4-3-5-15(16)12-14/h3-5,12H,6-11,13,16H2,1-2H3. The van der Waals surface area contributed by atoms with Crippen LogP contribution in [-0.4, -0.2) is 68.1 Å². The Hall–Kier alpha value is -1.10. The molecule has 0 bridgehead atoms. The molecule has 1 heterocycles. The van der Waals surface area contributed by atoms with Crippen LogP contribution in [0.1, 0.15) is 5.56 Å². The SMILES string of the molecule is CN1CCN(CCN(C)Cc2cccc(N)c2)CC1. The first kappa shape index (κ1) is 14.3. The van der Waals surface area contributed by atoms with Crippen molar-refractivity contribution in [2.45, 2.75) is 6.54 Å². The van der Waals surface area contributed by atoms with Crippen molar-refractivity contribution in [3.05, 3.63) is 29.8 Å². The van der Waals surface area contributed by atoms with E-state index in [0.717, 1.165) is 25.3 Å². The number of likely N-dealkylation sites (N-methyl/N-ethyl adjacent to an activating group) is 2. The fourth-order valence-corrected chi connectivity index (χ4v) is 2.47. The van der Waals surface area contributed by atoms with Crippen LogP contribution < -0.4 is 5.73 Å². The van der Waals surface area contributed by atoms with Gasteiger partial charge in [-0.1, -0.05) is 12.1 Å². The van der Waals surface area contributed by atoms with Crippen molar-refractivity contribution in [3.8, 4) is 0 Å². The van der Waals surface area contributed by atoms with Crippen LogP contribution in [0.5, 0.6) is 0 Å². The molecule has 0 radical (unpaired) electrons. The van der Waals surface area contributed by atoms with E-state index in [2.05, 4.69) is 40.9 Å². The molecule has 2 N–H and O–H groups in total. The molecular weight excluding hydrogens is 236 g/mol. The summed E-state index contributed by atoms with van der Waals surface area (Å²) in [6, 6.07) is 8.17. The maximum absolute atomic E-state index is 5.81. The Morgan fingerprint density at radius 2 is 1.95 bits per heavy atom. The molecule has 1 saturated heterocycles. The zero-order valence-electron chi connectivity index (χ0n) is 12.2. The molecule has 1 fully saturated rings. The smallest absolute Gasteiger partial charge is 0.0317 e. The predicted octanol–water partition coefficient (Wildman–Crippen LogP) is 0.948. The van der Waals surface area contributed by atoms with E-state index < -0.39 is 0 Å². The number of nitrogens with zero attached hydrogens (tertiary/aromatic N) is 3. The zero-order chi connectivity index (χ0) is 13.7. The molecule has 1 aromatic carbocycles. The Morgan fingerprint density at radius 1 is 1.21 bits per heavy atom. The highest BCUT2D eigenvalue weighted by atomic mass is 15.3. The number of piperazine rings is 1. The van der Waals surface area contributed by atoms with E-state index in [0.29, 0.717) is 0 Å². The minimum Gasteiger partial charge on any atom is -0.399 e. The van der Waals surface area contributed by atoms with Crippen molar-refractivity contribution in [3.63, 3.8) is 0 Å². The quantitative estimate of drug-likeness (QED) is 0.802. The number of hydrogen-bond donors (Lipinski definition) is 1. The third-order valence-corrected chi connectivity index (χ3v) is 3.80. The maximum Gasteiger partial charge on any atom is 0.0317 e. The van der Waals surface area contributed by atoms with Gasteiger partial charge in [0.2, 0.25) is 0 Å². The van der Waals surface area contributed by atoms with Gasteiger partial charge in [-0.3, -0.25) is 4.90 Å². The van der Waals surface area contributed by atoms with Gasteiger partial charge in [-0.05, 0) is 31.8 Å². The Bertz CT molecular complexity index is 385. The molecule has 4 heteroatoms. The molecule has 0 spiro atoms. The van der Waals surface area contributed by atoms with Crippen LogP contribution in [0.3, 0.4) is 0 Å². The van der Waals surface area contributed by atoms with E-state index in [9.17, 15) is 0 Å². The molecule has 106 valence electrons. The highest BCUT2D eigenvalue weighted by Crippen LogP contribution is 2.08. The lowest BCUT2D eigenvalue weighted by Crippen LogP contribution is -2.46. The molecule has 4 nitrogen and oxygen atoms in total. The highest BCUT2D eigenvalue weighted by molar-refractivity contribution is 5.40. The summed E-state index contributed by atoms with van der Waals surface area (Å²) < 4.78 is 0. The first-order valence-corrected chi connectivity index (χ1v) is 7.07. The molecule has 0 unspecified atom stereocenters. The lowest BCUT2D eigenvalue weighted by atomic mass is 10.2. The van der Waals surface area contributed by atoms with Gasteiger partial charge in [0.15, 0.2) is 0 Å². The van der Waals surface area contributed by atoms with Crippen LogP contribution in [-0.2, 0) is 6.54 Å². The molecule has 19 heavy (non-hydrogen) atoms. The van der Waals surface area contributed by atoms with E-state index >= 15 is 0 Å². The molecule has 1 aliphatic rings. The number of nitrogen functional groups attached to an aromatic ring is 1. The van der Waals surface area contributed by atoms with E-state index in [1.165, 1.54) is 31.7 Å². The Labute approximate surface area is 116 Å². The van der Waals surface area contributed by atoms with Crippen molar-refractivity contribution in [1.29, 1.82) is 0 Å². The average molecular weight is 262 g/mol. The fourth-order valence-electron chi connectivity index (χ4n) is 2.47. The molecular formula is C15H26N4. The third kappa shape index (κ3) is 4.82. The highest BCUT2D eigenvalue weighted by Gasteiger charge is 2.13. The molecule has 0 aliphatic carbocycles. The fraction of sp³-hybridized carbons (Fsp3) is 0.600. The number of anilines is 1. The summed E-state index contributed by atoms with van der Waals surface area (Å²) in [6.45, 7) is 8.02. The Morgan fingerprint density at radius 3 is 2.63 bits per heavy atom. The second-order valence-corrected chi connectivity index (χ2v) is 5.63. The van der Waals surface area contributed by atoms with E-state index in [1.807, 2.05) is 12.1 Å². The van der Waals surface area contributed by atoms with Gasteiger partial charge >= 0.3 is 0 Å². The Balaban J connectivity index is 1.71. The summed E-state index contributed by atoms with van der Waals surface area (Å²) in [5.74, 6) is 0. The maximum atomic E-state index is 5.81. The van der Waals surface area contributed by atoms with Crippen molar-refractivity contribution >= 4 is 5.69 Å². The van der Waals surface area contributed by atoms with Gasteiger partial charge < -0.3 is 15.5 Å². The monoisotopic (exact) mass is 262 g/mol. The number of hydrogen-bond acceptors (Lipinski definition) is 4. The first-order valence-electron chi connectivity index (χ1n) is 7.07. The van der Waals surface area contributed by atoms with Crippen molar-refractivity contribution in [2.24, 2.45) is 0 Å². The third-order valence-electron chi connectivity index (χ3n) is 3.80. The molecule has 2 rings (SSSR count). The van der Waals surface area contributed by atoms with Gasteiger partial charge in [-0.15, -0.1) is 0 Å². The zero-order valence-corrected chi connectivity index (χ0v) is 12.2. The van der Waals surface area contributed by atoms with E-state index in [-0.39, 0.29) is 0 Å². The number of nitrogens with two attached hydrogens (primary N) is 1. The van der Waals surface area contributed by atoms with Gasteiger partial charge in [-0.25, -0.2) is 0 Å². The topological polar surface area (TPSA) is 35.7 Å². The molecule has 1 aromatic rings. The van der Waals surface area contributed by atoms with E-state index in [1.54, 1.807) is 0 Å². The summed E-state index contributed by atoms with van der Waals surface area (Å²) in [4.78, 5) is 7.32. The number of benzene rings is 1. The second kappa shape index (κ2) is 6.89. The van der Waals surface area contributed by atoms with Gasteiger partial charge in [0.05, 0.1) is 0 Å². The largest absolute Gasteiger partial charge is 0.399 e. The Kier molecular flexibility index (Phi) is 5.19. The predicted molar refractivity (Wildman–Crippen MR) is 81.1 cm³/mol. The summed E-state index contributed by atoms with van der Waals surface area (Å²) >= 11 is 0. The van der Waals surface area contributed by atoms with Gasteiger partial charge in [-0.2, -0.15) is 0 Å². The molecule has 1 aliphatic heterocycles. The lowest BCUT2D eigenvalue weighted by molar-refractivity contribution is 0.139. The van der Waals surface area contributed by atoms with Crippen LogP contribution in [0.15, 0.2) is 24.3 Å². The minimum absolute atomic E-state index is 0.852. The molecule has 0 amide bonds. The van der Waals surface area contributed by atoms with Crippen LogP contribution in [0.4, 0.5) is 5.69 Å². The van der Waals surface area contributed by atoms with Crippen LogP contribution in [0, 0.1) is 0 Å². The molecule has 0 saturated carbocycles. The normalized spacial score (nSPS) is 18.1. The van der Waals surface area contributed by atoms with Crippen molar-refractivity contribution in [1.82, 2.24) is 14.7 Å². The first-order chi connectivity index (χ1) is 9.13. The summed E-state index contributed by atoms with van der Waals surface area (Å²) in [6.07, 6.45) is 0. The summed E-state index contributed by atoms with van der Waals surface area (Å²) in [7, 11) is 4.38. The summed E-state index contributed by atoms with van der Waals surface area (Å²) in [5, 5.41) is 0. The second-order valence-electron chi connectivity index (χ2n) is 5.63. The van der Waals surface area contributed by atoms with Crippen molar-refractivity contribution < 1.29 is 0 Å². The lowest BCUT2D eigenvalue weighted by Gasteiger charge is -2.33. The molecule has 0 atom stereocenters. The molecule has 0 aromatic heterocycles. The summed E-state index contributed by atoms with van der Waals surface area (Å²) in [5.41, 5.74) is 7.95. The van der Waals surface area contributed by atoms with Crippen LogP contribution in [0.25, 0.3) is 0 Å². The number of rotatable bonds is 5. The van der Waals surface area contributed by atoms with Gasteiger partial charge in [0, 0.05) is 51.5 Å².